The zero-order valence-electron chi connectivity index (χ0n) is 15.2. The van der Waals surface area contributed by atoms with Crippen LogP contribution in [0.1, 0.15) is 27.8 Å². The molecule has 0 unspecified atom stereocenters. The Labute approximate surface area is 170 Å². The number of aryl methyl sites for hydroxylation is 1. The molecule has 0 spiro atoms. The summed E-state index contributed by atoms with van der Waals surface area (Å²) in [5.74, 6) is -1.19. The zero-order valence-corrected chi connectivity index (χ0v) is 16.7. The maximum atomic E-state index is 12.6. The van der Waals surface area contributed by atoms with Gasteiger partial charge in [-0.1, -0.05) is 29.8 Å². The van der Waals surface area contributed by atoms with Gasteiger partial charge >= 0.3 is 0 Å². The fraction of sp³-hybridized carbons (Fsp3) is 0.158. The van der Waals surface area contributed by atoms with Gasteiger partial charge in [0.15, 0.2) is 5.69 Å². The normalized spacial score (nSPS) is 10.7. The molecule has 0 bridgehead atoms. The molecule has 144 valence electrons. The van der Waals surface area contributed by atoms with E-state index in [9.17, 15) is 14.4 Å². The highest BCUT2D eigenvalue weighted by Crippen LogP contribution is 2.22. The standard InChI is InChI=1S/C19H17ClN4O3S/c1-3-24-19(27)13-7-5-4-6-12(13)16(23-24)18(26)22-21-17(25)14-10-11(28-2)8-9-15(14)20/h4-10H,3H2,1-2H3,(H,21,25)(H,22,26). The number of hydrogen-bond acceptors (Lipinski definition) is 5. The lowest BCUT2D eigenvalue weighted by molar-refractivity contribution is 0.0843. The number of hydrazine groups is 1. The van der Waals surface area contributed by atoms with Crippen molar-refractivity contribution in [2.45, 2.75) is 18.4 Å². The number of nitrogens with zero attached hydrogens (tertiary/aromatic N) is 2. The van der Waals surface area contributed by atoms with Gasteiger partial charge < -0.3 is 0 Å². The van der Waals surface area contributed by atoms with Crippen molar-refractivity contribution in [2.75, 3.05) is 6.26 Å². The molecule has 0 saturated heterocycles. The van der Waals surface area contributed by atoms with Gasteiger partial charge in [0.05, 0.1) is 16.0 Å². The van der Waals surface area contributed by atoms with E-state index >= 15 is 0 Å². The molecule has 2 aromatic carbocycles. The first-order chi connectivity index (χ1) is 13.5. The van der Waals surface area contributed by atoms with Gasteiger partial charge in [-0.25, -0.2) is 4.68 Å². The monoisotopic (exact) mass is 416 g/mol. The molecular weight excluding hydrogens is 400 g/mol. The molecular formula is C19H17ClN4O3S. The fourth-order valence-electron chi connectivity index (χ4n) is 2.66. The third-order valence-corrected chi connectivity index (χ3v) is 5.14. The number of thioether (sulfide) groups is 1. The molecule has 1 heterocycles. The summed E-state index contributed by atoms with van der Waals surface area (Å²) in [7, 11) is 0. The van der Waals surface area contributed by atoms with Crippen molar-refractivity contribution in [3.63, 3.8) is 0 Å². The Morgan fingerprint density at radius 1 is 1.11 bits per heavy atom. The molecule has 7 nitrogen and oxygen atoms in total. The van der Waals surface area contributed by atoms with Crippen LogP contribution in [0.25, 0.3) is 10.8 Å². The minimum atomic E-state index is -0.635. The third-order valence-electron chi connectivity index (χ3n) is 4.09. The second-order valence-electron chi connectivity index (χ2n) is 5.77. The fourth-order valence-corrected chi connectivity index (χ4v) is 3.31. The highest BCUT2D eigenvalue weighted by Gasteiger charge is 2.18. The molecule has 0 radical (unpaired) electrons. The second-order valence-corrected chi connectivity index (χ2v) is 7.06. The molecule has 0 aliphatic heterocycles. The smallest absolute Gasteiger partial charge is 0.267 e. The van der Waals surface area contributed by atoms with E-state index in [-0.39, 0.29) is 21.8 Å². The number of amides is 2. The largest absolute Gasteiger partial charge is 0.290 e. The van der Waals surface area contributed by atoms with Crippen molar-refractivity contribution >= 4 is 45.9 Å². The number of rotatable bonds is 4. The number of benzene rings is 2. The van der Waals surface area contributed by atoms with Crippen LogP contribution < -0.4 is 16.4 Å². The van der Waals surface area contributed by atoms with Crippen LogP contribution in [0, 0.1) is 0 Å². The Hall–Kier alpha value is -2.84. The molecule has 0 fully saturated rings. The van der Waals surface area contributed by atoms with Crippen molar-refractivity contribution in [2.24, 2.45) is 0 Å². The van der Waals surface area contributed by atoms with Gasteiger partial charge in [0.2, 0.25) is 0 Å². The average Bonchev–Trinajstić information content (AvgIpc) is 2.72. The first-order valence-corrected chi connectivity index (χ1v) is 10.0. The number of fused-ring (bicyclic) bond motifs is 1. The Kier molecular flexibility index (Phi) is 6.01. The Bertz CT molecular complexity index is 1130. The Balaban J connectivity index is 1.87. The summed E-state index contributed by atoms with van der Waals surface area (Å²) < 4.78 is 1.21. The van der Waals surface area contributed by atoms with Crippen molar-refractivity contribution in [3.8, 4) is 0 Å². The van der Waals surface area contributed by atoms with E-state index in [1.807, 2.05) is 6.26 Å². The lowest BCUT2D eigenvalue weighted by atomic mass is 10.1. The van der Waals surface area contributed by atoms with Crippen LogP contribution in [0.3, 0.4) is 0 Å². The maximum Gasteiger partial charge on any atom is 0.290 e. The first kappa shape index (κ1) is 19.9. The summed E-state index contributed by atoms with van der Waals surface area (Å²) in [5.41, 5.74) is 4.70. The molecule has 3 aromatic rings. The third kappa shape index (κ3) is 3.88. The minimum absolute atomic E-state index is 0.0429. The van der Waals surface area contributed by atoms with Crippen molar-refractivity contribution in [1.82, 2.24) is 20.6 Å². The van der Waals surface area contributed by atoms with Crippen LogP contribution in [0.2, 0.25) is 5.02 Å². The molecule has 0 atom stereocenters. The topological polar surface area (TPSA) is 93.1 Å². The van der Waals surface area contributed by atoms with Crippen LogP contribution >= 0.6 is 23.4 Å². The van der Waals surface area contributed by atoms with Crippen LogP contribution in [0.5, 0.6) is 0 Å². The number of nitrogens with one attached hydrogen (secondary N) is 2. The lowest BCUT2D eigenvalue weighted by Crippen LogP contribution is -2.43. The quantitative estimate of drug-likeness (QED) is 0.504. The van der Waals surface area contributed by atoms with Crippen LogP contribution in [0.15, 0.2) is 52.2 Å². The molecule has 1 aromatic heterocycles. The number of halogens is 1. The van der Waals surface area contributed by atoms with Gasteiger partial charge in [-0.3, -0.25) is 25.2 Å². The van der Waals surface area contributed by atoms with E-state index in [1.165, 1.54) is 16.4 Å². The molecule has 2 N–H and O–H groups in total. The van der Waals surface area contributed by atoms with Gasteiger partial charge in [-0.15, -0.1) is 11.8 Å². The molecule has 28 heavy (non-hydrogen) atoms. The van der Waals surface area contributed by atoms with Crippen molar-refractivity contribution in [1.29, 1.82) is 0 Å². The van der Waals surface area contributed by atoms with E-state index in [1.54, 1.807) is 49.4 Å². The van der Waals surface area contributed by atoms with Gasteiger partial charge in [0.1, 0.15) is 0 Å². The Morgan fingerprint density at radius 2 is 1.79 bits per heavy atom. The van der Waals surface area contributed by atoms with E-state index in [4.69, 9.17) is 11.6 Å². The predicted molar refractivity (Wildman–Crippen MR) is 110 cm³/mol. The summed E-state index contributed by atoms with van der Waals surface area (Å²) in [6.07, 6.45) is 1.88. The number of aromatic nitrogens is 2. The summed E-state index contributed by atoms with van der Waals surface area (Å²) in [4.78, 5) is 38.3. The zero-order chi connectivity index (χ0) is 20.3. The summed E-state index contributed by atoms with van der Waals surface area (Å²) in [6, 6.07) is 11.8. The number of carbonyl (C=O) groups excluding carboxylic acids is 2. The lowest BCUT2D eigenvalue weighted by Gasteiger charge is -2.11. The van der Waals surface area contributed by atoms with Crippen molar-refractivity contribution < 1.29 is 9.59 Å². The van der Waals surface area contributed by atoms with Crippen LogP contribution in [-0.4, -0.2) is 27.9 Å². The molecule has 3 rings (SSSR count). The highest BCUT2D eigenvalue weighted by atomic mass is 35.5. The highest BCUT2D eigenvalue weighted by molar-refractivity contribution is 7.98. The number of hydrogen-bond donors (Lipinski definition) is 2. The van der Waals surface area contributed by atoms with Gasteiger partial charge in [-0.2, -0.15) is 5.10 Å². The van der Waals surface area contributed by atoms with Gasteiger partial charge in [0.25, 0.3) is 17.4 Å². The average molecular weight is 417 g/mol. The van der Waals surface area contributed by atoms with Crippen LogP contribution in [-0.2, 0) is 6.54 Å². The summed E-state index contributed by atoms with van der Waals surface area (Å²) in [6.45, 7) is 2.07. The molecule has 9 heteroatoms. The molecule has 2 amide bonds. The van der Waals surface area contributed by atoms with Crippen LogP contribution in [0.4, 0.5) is 0 Å². The predicted octanol–water partition coefficient (Wildman–Crippen LogP) is 2.87. The van der Waals surface area contributed by atoms with E-state index in [0.717, 1.165) is 4.90 Å². The van der Waals surface area contributed by atoms with Crippen molar-refractivity contribution in [3.05, 3.63) is 69.1 Å². The molecule has 0 saturated carbocycles. The van der Waals surface area contributed by atoms with E-state index in [0.29, 0.717) is 17.3 Å². The Morgan fingerprint density at radius 3 is 2.46 bits per heavy atom. The van der Waals surface area contributed by atoms with Gasteiger partial charge in [0, 0.05) is 16.8 Å². The summed E-state index contributed by atoms with van der Waals surface area (Å²) >= 11 is 7.55. The second kappa shape index (κ2) is 8.45. The summed E-state index contributed by atoms with van der Waals surface area (Å²) in [5, 5.41) is 5.19. The maximum absolute atomic E-state index is 12.6. The van der Waals surface area contributed by atoms with Gasteiger partial charge in [-0.05, 0) is 37.4 Å². The number of carbonyl (C=O) groups is 2. The minimum Gasteiger partial charge on any atom is -0.267 e. The molecule has 0 aliphatic rings. The van der Waals surface area contributed by atoms with E-state index in [2.05, 4.69) is 16.0 Å². The first-order valence-electron chi connectivity index (χ1n) is 8.40. The molecule has 0 aliphatic carbocycles. The SMILES string of the molecule is CCn1nc(C(=O)NNC(=O)c2cc(SC)ccc2Cl)c2ccccc2c1=O. The van der Waals surface area contributed by atoms with E-state index < -0.39 is 11.8 Å².